The van der Waals surface area contributed by atoms with Crippen molar-refractivity contribution in [2.75, 3.05) is 13.2 Å². The third kappa shape index (κ3) is 5.64. The van der Waals surface area contributed by atoms with Crippen molar-refractivity contribution in [2.45, 2.75) is 0 Å². The standard InChI is InChI=1S/C24H17BrN2O6/c25-18-6-9-20(10-7-18)31-12-13-32-22-11-8-19(27(29)30)14-17(22)15-21-24(28)33-23(26-21)16-4-2-1-3-5-16/h1-11,14-15H,12-13H2/b21-15+. The van der Waals surface area contributed by atoms with Gasteiger partial charge in [0.15, 0.2) is 5.70 Å². The fourth-order valence-electron chi connectivity index (χ4n) is 3.00. The zero-order valence-electron chi connectivity index (χ0n) is 17.1. The first-order chi connectivity index (χ1) is 16.0. The summed E-state index contributed by atoms with van der Waals surface area (Å²) >= 11 is 3.36. The molecular weight excluding hydrogens is 492 g/mol. The average molecular weight is 509 g/mol. The molecule has 166 valence electrons. The van der Waals surface area contributed by atoms with Gasteiger partial charge in [-0.25, -0.2) is 9.79 Å². The van der Waals surface area contributed by atoms with Crippen molar-refractivity contribution in [3.63, 3.8) is 0 Å². The highest BCUT2D eigenvalue weighted by Crippen LogP contribution is 2.28. The molecule has 0 radical (unpaired) electrons. The molecule has 8 nitrogen and oxygen atoms in total. The highest BCUT2D eigenvalue weighted by Gasteiger charge is 2.25. The fourth-order valence-corrected chi connectivity index (χ4v) is 3.26. The number of carbonyl (C=O) groups is 1. The van der Waals surface area contributed by atoms with Gasteiger partial charge >= 0.3 is 5.97 Å². The molecule has 1 aliphatic rings. The SMILES string of the molecule is O=C1OC(c2ccccc2)=N/C1=C/c1cc([N+](=O)[O-])ccc1OCCOc1ccc(Br)cc1. The van der Waals surface area contributed by atoms with Crippen LogP contribution in [0.5, 0.6) is 11.5 Å². The van der Waals surface area contributed by atoms with Crippen molar-refractivity contribution in [3.05, 3.63) is 104 Å². The van der Waals surface area contributed by atoms with Crippen LogP contribution >= 0.6 is 15.9 Å². The van der Waals surface area contributed by atoms with Gasteiger partial charge in [0, 0.05) is 27.7 Å². The van der Waals surface area contributed by atoms with E-state index >= 15 is 0 Å². The molecular formula is C24H17BrN2O6. The zero-order chi connectivity index (χ0) is 23.2. The molecule has 3 aromatic carbocycles. The second-order valence-electron chi connectivity index (χ2n) is 6.83. The van der Waals surface area contributed by atoms with Gasteiger partial charge in [0.1, 0.15) is 24.7 Å². The molecule has 0 saturated carbocycles. The van der Waals surface area contributed by atoms with Gasteiger partial charge in [0.25, 0.3) is 5.69 Å². The number of nitro groups is 1. The topological polar surface area (TPSA) is 100 Å². The predicted octanol–water partition coefficient (Wildman–Crippen LogP) is 5.16. The first-order valence-corrected chi connectivity index (χ1v) is 10.7. The number of nitrogens with zero attached hydrogens (tertiary/aromatic N) is 2. The van der Waals surface area contributed by atoms with E-state index in [1.165, 1.54) is 24.3 Å². The number of aliphatic imine (C=N–C) groups is 1. The number of benzene rings is 3. The van der Waals surface area contributed by atoms with E-state index in [9.17, 15) is 14.9 Å². The minimum atomic E-state index is -0.648. The first kappa shape index (κ1) is 22.2. The number of hydrogen-bond donors (Lipinski definition) is 0. The monoisotopic (exact) mass is 508 g/mol. The van der Waals surface area contributed by atoms with E-state index in [2.05, 4.69) is 20.9 Å². The fraction of sp³-hybridized carbons (Fsp3) is 0.0833. The van der Waals surface area contributed by atoms with Gasteiger partial charge in [-0.15, -0.1) is 0 Å². The molecule has 0 atom stereocenters. The summed E-state index contributed by atoms with van der Waals surface area (Å²) in [6, 6.07) is 20.5. The number of rotatable bonds is 8. The molecule has 0 unspecified atom stereocenters. The quantitative estimate of drug-likeness (QED) is 0.137. The molecule has 0 aromatic heterocycles. The number of non-ortho nitro benzene ring substituents is 1. The van der Waals surface area contributed by atoms with Crippen molar-refractivity contribution in [1.29, 1.82) is 0 Å². The van der Waals surface area contributed by atoms with E-state index in [0.717, 1.165) is 4.47 Å². The average Bonchev–Trinajstić information content (AvgIpc) is 3.19. The van der Waals surface area contributed by atoms with Crippen LogP contribution in [0.15, 0.2) is 88.0 Å². The Morgan fingerprint density at radius 3 is 2.45 bits per heavy atom. The zero-order valence-corrected chi connectivity index (χ0v) is 18.7. The number of hydrogen-bond acceptors (Lipinski definition) is 7. The van der Waals surface area contributed by atoms with Crippen LogP contribution in [0.25, 0.3) is 6.08 Å². The van der Waals surface area contributed by atoms with E-state index in [1.54, 1.807) is 24.3 Å². The summed E-state index contributed by atoms with van der Waals surface area (Å²) in [7, 11) is 0. The van der Waals surface area contributed by atoms with Crippen LogP contribution < -0.4 is 9.47 Å². The van der Waals surface area contributed by atoms with Gasteiger partial charge in [-0.05, 0) is 48.5 Å². The second kappa shape index (κ2) is 10.1. The van der Waals surface area contributed by atoms with E-state index < -0.39 is 10.9 Å². The van der Waals surface area contributed by atoms with Crippen LogP contribution in [-0.2, 0) is 9.53 Å². The minimum absolute atomic E-state index is 0.0188. The molecule has 0 amide bonds. The van der Waals surface area contributed by atoms with Gasteiger partial charge in [0.2, 0.25) is 5.90 Å². The Hall–Kier alpha value is -3.98. The van der Waals surface area contributed by atoms with Crippen LogP contribution in [0.1, 0.15) is 11.1 Å². The number of esters is 1. The Bertz CT molecular complexity index is 1240. The molecule has 1 aliphatic heterocycles. The number of ether oxygens (including phenoxy) is 3. The molecule has 0 N–H and O–H groups in total. The number of carbonyl (C=O) groups excluding carboxylic acids is 1. The lowest BCUT2D eigenvalue weighted by Crippen LogP contribution is -2.10. The molecule has 33 heavy (non-hydrogen) atoms. The Labute approximate surface area is 197 Å². The Morgan fingerprint density at radius 2 is 1.73 bits per heavy atom. The molecule has 0 aliphatic carbocycles. The van der Waals surface area contributed by atoms with Gasteiger partial charge in [-0.1, -0.05) is 34.1 Å². The van der Waals surface area contributed by atoms with Gasteiger partial charge in [0.05, 0.1) is 4.92 Å². The maximum Gasteiger partial charge on any atom is 0.363 e. The smallest absolute Gasteiger partial charge is 0.363 e. The van der Waals surface area contributed by atoms with Crippen molar-refractivity contribution in [1.82, 2.24) is 0 Å². The van der Waals surface area contributed by atoms with Gasteiger partial charge < -0.3 is 14.2 Å². The van der Waals surface area contributed by atoms with Crippen molar-refractivity contribution in [3.8, 4) is 11.5 Å². The third-order valence-corrected chi connectivity index (χ3v) is 5.09. The number of nitro benzene ring substituents is 1. The highest BCUT2D eigenvalue weighted by atomic mass is 79.9. The summed E-state index contributed by atoms with van der Waals surface area (Å²) in [5.41, 5.74) is 0.858. The Balaban J connectivity index is 1.53. The summed E-state index contributed by atoms with van der Waals surface area (Å²) in [5.74, 6) is 0.556. The summed E-state index contributed by atoms with van der Waals surface area (Å²) in [6.07, 6.45) is 1.41. The third-order valence-electron chi connectivity index (χ3n) is 4.56. The highest BCUT2D eigenvalue weighted by molar-refractivity contribution is 9.10. The van der Waals surface area contributed by atoms with Gasteiger partial charge in [-0.2, -0.15) is 0 Å². The predicted molar refractivity (Wildman–Crippen MR) is 125 cm³/mol. The normalized spacial score (nSPS) is 14.0. The minimum Gasteiger partial charge on any atom is -0.490 e. The molecule has 0 saturated heterocycles. The van der Waals surface area contributed by atoms with Crippen LogP contribution in [0, 0.1) is 10.1 Å². The summed E-state index contributed by atoms with van der Waals surface area (Å²) in [5, 5.41) is 11.2. The maximum atomic E-state index is 12.3. The van der Waals surface area contributed by atoms with Crippen LogP contribution in [0.2, 0.25) is 0 Å². The molecule has 0 bridgehead atoms. The lowest BCUT2D eigenvalue weighted by atomic mass is 10.1. The second-order valence-corrected chi connectivity index (χ2v) is 7.75. The number of cyclic esters (lactones) is 1. The van der Waals surface area contributed by atoms with Crippen molar-refractivity contribution < 1.29 is 23.9 Å². The van der Waals surface area contributed by atoms with Gasteiger partial charge in [-0.3, -0.25) is 10.1 Å². The van der Waals surface area contributed by atoms with Crippen LogP contribution in [0.3, 0.4) is 0 Å². The van der Waals surface area contributed by atoms with E-state index in [1.807, 2.05) is 30.3 Å². The first-order valence-electron chi connectivity index (χ1n) is 9.87. The molecule has 1 heterocycles. The Morgan fingerprint density at radius 1 is 1.00 bits per heavy atom. The van der Waals surface area contributed by atoms with Crippen molar-refractivity contribution >= 4 is 39.6 Å². The molecule has 0 spiro atoms. The van der Waals surface area contributed by atoms with E-state index in [4.69, 9.17) is 14.2 Å². The lowest BCUT2D eigenvalue weighted by Gasteiger charge is -2.11. The number of halogens is 1. The van der Waals surface area contributed by atoms with E-state index in [-0.39, 0.29) is 30.5 Å². The summed E-state index contributed by atoms with van der Waals surface area (Å²) < 4.78 is 17.6. The van der Waals surface area contributed by atoms with Crippen LogP contribution in [0.4, 0.5) is 5.69 Å². The summed E-state index contributed by atoms with van der Waals surface area (Å²) in [6.45, 7) is 0.444. The molecule has 3 aromatic rings. The molecule has 4 rings (SSSR count). The summed E-state index contributed by atoms with van der Waals surface area (Å²) in [4.78, 5) is 27.3. The molecule has 9 heteroatoms. The Kier molecular flexibility index (Phi) is 6.80. The van der Waals surface area contributed by atoms with Crippen molar-refractivity contribution in [2.24, 2.45) is 4.99 Å². The maximum absolute atomic E-state index is 12.3. The van der Waals surface area contributed by atoms with Crippen LogP contribution in [-0.4, -0.2) is 30.0 Å². The largest absolute Gasteiger partial charge is 0.490 e. The molecule has 0 fully saturated rings. The lowest BCUT2D eigenvalue weighted by molar-refractivity contribution is -0.384. The van der Waals surface area contributed by atoms with E-state index in [0.29, 0.717) is 22.6 Å².